The Labute approximate surface area is 167 Å². The Morgan fingerprint density at radius 3 is 2.50 bits per heavy atom. The number of aryl methyl sites for hydroxylation is 1. The highest BCUT2D eigenvalue weighted by Crippen LogP contribution is 2.22. The summed E-state index contributed by atoms with van der Waals surface area (Å²) >= 11 is 0. The van der Waals surface area contributed by atoms with Crippen LogP contribution in [0, 0.1) is 0 Å². The molecule has 1 aliphatic rings. The van der Waals surface area contributed by atoms with Crippen molar-refractivity contribution >= 4 is 41.4 Å². The number of likely N-dealkylation sites (tertiary alicyclic amines) is 1. The third kappa shape index (κ3) is 4.70. The van der Waals surface area contributed by atoms with E-state index in [0.29, 0.717) is 6.04 Å². The van der Waals surface area contributed by atoms with Crippen LogP contribution >= 0.6 is 24.8 Å². The Hall–Kier alpha value is -1.75. The summed E-state index contributed by atoms with van der Waals surface area (Å²) in [6.07, 6.45) is 4.32. The molecule has 0 unspecified atom stereocenters. The highest BCUT2D eigenvalue weighted by Gasteiger charge is 2.19. The first kappa shape index (κ1) is 20.6. The zero-order valence-corrected chi connectivity index (χ0v) is 16.6. The molecule has 1 saturated heterocycles. The maximum atomic E-state index is 4.32. The second kappa shape index (κ2) is 9.26. The van der Waals surface area contributed by atoms with Crippen molar-refractivity contribution in [2.24, 2.45) is 7.05 Å². The van der Waals surface area contributed by atoms with Crippen LogP contribution in [0.25, 0.3) is 10.9 Å². The van der Waals surface area contributed by atoms with Crippen molar-refractivity contribution < 1.29 is 0 Å². The number of hydrogen-bond donors (Lipinski definition) is 1. The van der Waals surface area contributed by atoms with E-state index in [1.54, 1.807) is 0 Å². The minimum absolute atomic E-state index is 0. The normalized spacial score (nSPS) is 15.3. The van der Waals surface area contributed by atoms with E-state index in [1.807, 2.05) is 17.9 Å². The topological polar surface area (TPSA) is 33.1 Å². The molecular formula is C20H26Cl2N4. The molecule has 1 aromatic heterocycles. The molecule has 0 bridgehead atoms. The van der Waals surface area contributed by atoms with E-state index in [1.165, 1.54) is 35.0 Å². The van der Waals surface area contributed by atoms with Crippen LogP contribution in [0.5, 0.6) is 0 Å². The monoisotopic (exact) mass is 392 g/mol. The van der Waals surface area contributed by atoms with Gasteiger partial charge in [-0.3, -0.25) is 9.58 Å². The fourth-order valence-corrected chi connectivity index (χ4v) is 3.57. The van der Waals surface area contributed by atoms with Crippen LogP contribution in [0.15, 0.2) is 54.7 Å². The van der Waals surface area contributed by atoms with Crippen LogP contribution in [0.4, 0.5) is 5.69 Å². The summed E-state index contributed by atoms with van der Waals surface area (Å²) in [5, 5.41) is 9.22. The van der Waals surface area contributed by atoms with E-state index >= 15 is 0 Å². The van der Waals surface area contributed by atoms with Gasteiger partial charge in [-0.15, -0.1) is 24.8 Å². The number of benzene rings is 2. The van der Waals surface area contributed by atoms with E-state index < -0.39 is 0 Å². The van der Waals surface area contributed by atoms with Gasteiger partial charge in [-0.25, -0.2) is 0 Å². The number of anilines is 1. The standard InChI is InChI=1S/C20H24N4.2ClH/c1-23-20-8-7-19(13-17(20)14-21-23)22-18-9-11-24(12-10-18)15-16-5-3-2-4-6-16;;/h2-8,13-14,18,22H,9-12,15H2,1H3;2*1H. The second-order valence-electron chi connectivity index (χ2n) is 6.72. The Bertz CT molecular complexity index is 811. The van der Waals surface area contributed by atoms with Gasteiger partial charge in [0.05, 0.1) is 11.7 Å². The summed E-state index contributed by atoms with van der Waals surface area (Å²) in [5.74, 6) is 0. The van der Waals surface area contributed by atoms with E-state index in [0.717, 1.165) is 19.6 Å². The van der Waals surface area contributed by atoms with E-state index in [2.05, 4.69) is 63.8 Å². The molecule has 0 amide bonds. The number of nitrogens with one attached hydrogen (secondary N) is 1. The lowest BCUT2D eigenvalue weighted by Gasteiger charge is -2.33. The van der Waals surface area contributed by atoms with Crippen LogP contribution in [0.2, 0.25) is 0 Å². The number of piperidine rings is 1. The first-order valence-electron chi connectivity index (χ1n) is 8.72. The Morgan fingerprint density at radius 1 is 1.04 bits per heavy atom. The summed E-state index contributed by atoms with van der Waals surface area (Å²) < 4.78 is 1.92. The molecule has 3 aromatic rings. The number of rotatable bonds is 4. The Kier molecular flexibility index (Phi) is 7.33. The van der Waals surface area contributed by atoms with Crippen molar-refractivity contribution in [2.45, 2.75) is 25.4 Å². The van der Waals surface area contributed by atoms with Crippen molar-refractivity contribution in [3.05, 3.63) is 60.3 Å². The predicted octanol–water partition coefficient (Wildman–Crippen LogP) is 4.49. The van der Waals surface area contributed by atoms with Gasteiger partial charge < -0.3 is 5.32 Å². The molecule has 1 N–H and O–H groups in total. The second-order valence-corrected chi connectivity index (χ2v) is 6.72. The van der Waals surface area contributed by atoms with Gasteiger partial charge in [-0.2, -0.15) is 5.10 Å². The maximum absolute atomic E-state index is 4.32. The molecule has 4 rings (SSSR count). The van der Waals surface area contributed by atoms with Gasteiger partial charge in [0.25, 0.3) is 0 Å². The molecule has 4 nitrogen and oxygen atoms in total. The van der Waals surface area contributed by atoms with E-state index in [9.17, 15) is 0 Å². The minimum Gasteiger partial charge on any atom is -0.382 e. The quantitative estimate of drug-likeness (QED) is 0.709. The number of fused-ring (bicyclic) bond motifs is 1. The minimum atomic E-state index is 0. The van der Waals surface area contributed by atoms with Crippen LogP contribution in [0.1, 0.15) is 18.4 Å². The summed E-state index contributed by atoms with van der Waals surface area (Å²) in [5.41, 5.74) is 3.79. The summed E-state index contributed by atoms with van der Waals surface area (Å²) in [6, 6.07) is 17.8. The molecule has 0 radical (unpaired) electrons. The molecule has 0 spiro atoms. The van der Waals surface area contributed by atoms with Crippen molar-refractivity contribution in [1.29, 1.82) is 0 Å². The lowest BCUT2D eigenvalue weighted by atomic mass is 10.0. The van der Waals surface area contributed by atoms with Gasteiger partial charge >= 0.3 is 0 Å². The average Bonchev–Trinajstić information content (AvgIpc) is 2.98. The number of hydrogen-bond acceptors (Lipinski definition) is 3. The summed E-state index contributed by atoms with van der Waals surface area (Å²) in [7, 11) is 1.98. The highest BCUT2D eigenvalue weighted by molar-refractivity contribution is 5.85. The zero-order valence-electron chi connectivity index (χ0n) is 15.0. The number of nitrogens with zero attached hydrogens (tertiary/aromatic N) is 3. The molecule has 0 atom stereocenters. The van der Waals surface area contributed by atoms with Gasteiger partial charge in [0.15, 0.2) is 0 Å². The van der Waals surface area contributed by atoms with Crippen molar-refractivity contribution in [1.82, 2.24) is 14.7 Å². The SMILES string of the molecule is Cl.Cl.Cn1ncc2cc(NC3CCN(Cc4ccccc4)CC3)ccc21. The molecule has 2 aromatic carbocycles. The number of halogens is 2. The van der Waals surface area contributed by atoms with Crippen LogP contribution in [-0.4, -0.2) is 33.8 Å². The molecule has 2 heterocycles. The molecule has 0 aliphatic carbocycles. The van der Waals surface area contributed by atoms with Crippen LogP contribution in [0.3, 0.4) is 0 Å². The molecule has 0 saturated carbocycles. The lowest BCUT2D eigenvalue weighted by Crippen LogP contribution is -2.38. The third-order valence-corrected chi connectivity index (χ3v) is 4.95. The summed E-state index contributed by atoms with van der Waals surface area (Å²) in [4.78, 5) is 2.55. The molecule has 6 heteroatoms. The third-order valence-electron chi connectivity index (χ3n) is 4.95. The molecule has 26 heavy (non-hydrogen) atoms. The van der Waals surface area contributed by atoms with Gasteiger partial charge in [-0.1, -0.05) is 30.3 Å². The Balaban J connectivity index is 0.00000121. The van der Waals surface area contributed by atoms with E-state index in [4.69, 9.17) is 0 Å². The van der Waals surface area contributed by atoms with Gasteiger partial charge in [-0.05, 0) is 36.6 Å². The highest BCUT2D eigenvalue weighted by atomic mass is 35.5. The van der Waals surface area contributed by atoms with Gasteiger partial charge in [0, 0.05) is 43.8 Å². The van der Waals surface area contributed by atoms with Crippen molar-refractivity contribution in [3.8, 4) is 0 Å². The largest absolute Gasteiger partial charge is 0.382 e. The molecule has 1 fully saturated rings. The smallest absolute Gasteiger partial charge is 0.0680 e. The molecule has 1 aliphatic heterocycles. The lowest BCUT2D eigenvalue weighted by molar-refractivity contribution is 0.211. The number of aromatic nitrogens is 2. The Morgan fingerprint density at radius 2 is 1.77 bits per heavy atom. The zero-order chi connectivity index (χ0) is 16.4. The van der Waals surface area contributed by atoms with Gasteiger partial charge in [0.2, 0.25) is 0 Å². The summed E-state index contributed by atoms with van der Waals surface area (Å²) in [6.45, 7) is 3.37. The van der Waals surface area contributed by atoms with Crippen LogP contribution in [-0.2, 0) is 13.6 Å². The van der Waals surface area contributed by atoms with Crippen molar-refractivity contribution in [3.63, 3.8) is 0 Å². The maximum Gasteiger partial charge on any atom is 0.0680 e. The first-order valence-corrected chi connectivity index (χ1v) is 8.72. The predicted molar refractivity (Wildman–Crippen MR) is 114 cm³/mol. The van der Waals surface area contributed by atoms with Crippen LogP contribution < -0.4 is 5.32 Å². The fraction of sp³-hybridized carbons (Fsp3) is 0.350. The first-order chi connectivity index (χ1) is 11.8. The van der Waals surface area contributed by atoms with Crippen molar-refractivity contribution in [2.75, 3.05) is 18.4 Å². The van der Waals surface area contributed by atoms with E-state index in [-0.39, 0.29) is 24.8 Å². The fourth-order valence-electron chi connectivity index (χ4n) is 3.57. The average molecular weight is 393 g/mol. The van der Waals surface area contributed by atoms with Gasteiger partial charge in [0.1, 0.15) is 0 Å². The molecule has 140 valence electrons. The molecular weight excluding hydrogens is 367 g/mol.